The summed E-state index contributed by atoms with van der Waals surface area (Å²) in [5, 5.41) is 0. The van der Waals surface area contributed by atoms with Crippen LogP contribution in [0.3, 0.4) is 0 Å². The van der Waals surface area contributed by atoms with Crippen LogP contribution in [0, 0.1) is 10.8 Å². The van der Waals surface area contributed by atoms with E-state index in [9.17, 15) is 0 Å². The first-order valence-electron chi connectivity index (χ1n) is 4.36. The van der Waals surface area contributed by atoms with E-state index < -0.39 is 0 Å². The highest BCUT2D eigenvalue weighted by molar-refractivity contribution is 8.12. The van der Waals surface area contributed by atoms with Gasteiger partial charge in [0.25, 0.3) is 0 Å². The van der Waals surface area contributed by atoms with Gasteiger partial charge in [-0.3, -0.25) is 0 Å². The Bertz CT molecular complexity index is 190. The summed E-state index contributed by atoms with van der Waals surface area (Å²) in [6, 6.07) is 0. The van der Waals surface area contributed by atoms with Crippen LogP contribution in [-0.2, 0) is 0 Å². The van der Waals surface area contributed by atoms with E-state index in [2.05, 4.69) is 54.2 Å². The van der Waals surface area contributed by atoms with E-state index in [0.717, 1.165) is 16.3 Å². The molecule has 0 aromatic rings. The molecule has 0 aromatic heterocycles. The monoisotopic (exact) mass is 220 g/mol. The average molecular weight is 220 g/mol. The van der Waals surface area contributed by atoms with Crippen molar-refractivity contribution in [3.05, 3.63) is 9.81 Å². The lowest BCUT2D eigenvalue weighted by molar-refractivity contribution is 0.362. The fourth-order valence-corrected chi connectivity index (χ4v) is 3.19. The minimum atomic E-state index is 0.0467. The summed E-state index contributed by atoms with van der Waals surface area (Å²) >= 11 is 5.03. The van der Waals surface area contributed by atoms with Crippen molar-refractivity contribution in [2.75, 3.05) is 0 Å². The third kappa shape index (κ3) is 3.96. The van der Waals surface area contributed by atoms with E-state index in [0.29, 0.717) is 0 Å². The summed E-state index contributed by atoms with van der Waals surface area (Å²) in [6.45, 7) is 12.8. The second kappa shape index (κ2) is 4.28. The zero-order valence-corrected chi connectivity index (χ0v) is 11.0. The lowest BCUT2D eigenvalue weighted by atomic mass is 9.73. The van der Waals surface area contributed by atoms with E-state index >= 15 is 0 Å². The van der Waals surface area contributed by atoms with Crippen molar-refractivity contribution in [2.24, 2.45) is 10.8 Å². The van der Waals surface area contributed by atoms with Crippen molar-refractivity contribution in [3.8, 4) is 0 Å². The molecule has 3 heteroatoms. The maximum atomic E-state index is 9.01. The van der Waals surface area contributed by atoms with Crippen LogP contribution in [-0.4, -0.2) is 4.55 Å². The predicted molar refractivity (Wildman–Crippen MR) is 65.1 cm³/mol. The van der Waals surface area contributed by atoms with Crippen LogP contribution in [0.5, 0.6) is 0 Å². The normalized spacial score (nSPS) is 12.9. The van der Waals surface area contributed by atoms with Gasteiger partial charge in [0.1, 0.15) is 0 Å². The van der Waals surface area contributed by atoms with E-state index in [1.165, 1.54) is 5.57 Å². The third-order valence-corrected chi connectivity index (χ3v) is 2.65. The number of rotatable bonds is 1. The molecule has 0 fully saturated rings. The van der Waals surface area contributed by atoms with E-state index in [1.807, 2.05) is 0 Å². The highest BCUT2D eigenvalue weighted by Gasteiger charge is 2.30. The molecular weight excluding hydrogens is 200 g/mol. The number of hydrogen-bond acceptors (Lipinski definition) is 3. The van der Waals surface area contributed by atoms with Gasteiger partial charge >= 0.3 is 0 Å². The molecule has 13 heavy (non-hydrogen) atoms. The molecular formula is C10H20OS2. The van der Waals surface area contributed by atoms with Gasteiger partial charge in [-0.05, 0) is 16.4 Å². The molecule has 0 radical (unpaired) electrons. The zero-order valence-electron chi connectivity index (χ0n) is 9.30. The fourth-order valence-electron chi connectivity index (χ4n) is 1.81. The minimum absolute atomic E-state index is 0.0467. The summed E-state index contributed by atoms with van der Waals surface area (Å²) in [7, 11) is 0. The van der Waals surface area contributed by atoms with E-state index in [-0.39, 0.29) is 10.8 Å². The van der Waals surface area contributed by atoms with Gasteiger partial charge < -0.3 is 4.55 Å². The van der Waals surface area contributed by atoms with Gasteiger partial charge in [-0.25, -0.2) is 0 Å². The Morgan fingerprint density at radius 3 is 1.38 bits per heavy atom. The molecule has 0 aliphatic rings. The van der Waals surface area contributed by atoms with Crippen LogP contribution in [0.1, 0.15) is 41.5 Å². The summed E-state index contributed by atoms with van der Waals surface area (Å²) in [4.78, 5) is 0. The van der Waals surface area contributed by atoms with E-state index in [4.69, 9.17) is 4.55 Å². The molecule has 0 saturated heterocycles. The highest BCUT2D eigenvalue weighted by atomic mass is 32.2. The van der Waals surface area contributed by atoms with Crippen molar-refractivity contribution in [1.82, 2.24) is 0 Å². The van der Waals surface area contributed by atoms with Crippen molar-refractivity contribution < 1.29 is 4.55 Å². The second-order valence-electron chi connectivity index (χ2n) is 5.27. The Hall–Kier alpha value is 0.400. The number of thiol groups is 1. The topological polar surface area (TPSA) is 20.2 Å². The van der Waals surface area contributed by atoms with Gasteiger partial charge in [-0.2, -0.15) is 0 Å². The molecule has 78 valence electrons. The average Bonchev–Trinajstić information content (AvgIpc) is 1.80. The fraction of sp³-hybridized carbons (Fsp3) is 0.800. The molecule has 0 aliphatic carbocycles. The Kier molecular flexibility index (Phi) is 4.41. The standard InChI is InChI=1S/C10H20OS2/c1-9(2,3)7(8(12)13-11)10(4,5)6/h11-12H,1-6H3. The lowest BCUT2D eigenvalue weighted by Crippen LogP contribution is -2.23. The molecule has 0 heterocycles. The van der Waals surface area contributed by atoms with Crippen LogP contribution >= 0.6 is 24.7 Å². The Morgan fingerprint density at radius 2 is 1.31 bits per heavy atom. The van der Waals surface area contributed by atoms with Crippen LogP contribution in [0.25, 0.3) is 0 Å². The van der Waals surface area contributed by atoms with Crippen molar-refractivity contribution in [1.29, 1.82) is 0 Å². The van der Waals surface area contributed by atoms with Crippen LogP contribution < -0.4 is 0 Å². The summed E-state index contributed by atoms with van der Waals surface area (Å²) in [6.07, 6.45) is 0. The summed E-state index contributed by atoms with van der Waals surface area (Å²) in [5.74, 6) is 0. The largest absolute Gasteiger partial charge is 0.325 e. The van der Waals surface area contributed by atoms with Gasteiger partial charge in [0.2, 0.25) is 0 Å². The maximum absolute atomic E-state index is 9.01. The summed E-state index contributed by atoms with van der Waals surface area (Å²) in [5.41, 5.74) is 1.28. The molecule has 0 unspecified atom stereocenters. The van der Waals surface area contributed by atoms with Gasteiger partial charge in [0.15, 0.2) is 0 Å². The Balaban J connectivity index is 5.25. The highest BCUT2D eigenvalue weighted by Crippen LogP contribution is 2.44. The van der Waals surface area contributed by atoms with Gasteiger partial charge in [0.05, 0.1) is 4.24 Å². The van der Waals surface area contributed by atoms with Gasteiger partial charge in [0, 0.05) is 12.0 Å². The second-order valence-corrected chi connectivity index (χ2v) is 6.61. The molecule has 0 bridgehead atoms. The van der Waals surface area contributed by atoms with Crippen LogP contribution in [0.4, 0.5) is 0 Å². The first-order valence-corrected chi connectivity index (χ1v) is 5.58. The molecule has 0 aromatic carbocycles. The molecule has 0 aliphatic heterocycles. The smallest absolute Gasteiger partial charge is 0.0651 e. The molecule has 0 amide bonds. The molecule has 1 nitrogen and oxygen atoms in total. The van der Waals surface area contributed by atoms with Crippen LogP contribution in [0.2, 0.25) is 0 Å². The SMILES string of the molecule is CC(C)(C)C(=C(S)SO)C(C)(C)C. The first-order chi connectivity index (χ1) is 5.60. The maximum Gasteiger partial charge on any atom is 0.0651 e. The first kappa shape index (κ1) is 13.4. The van der Waals surface area contributed by atoms with Gasteiger partial charge in [-0.1, -0.05) is 41.5 Å². The molecule has 0 atom stereocenters. The number of allylic oxidation sites excluding steroid dienone is 1. The Morgan fingerprint density at radius 1 is 1.00 bits per heavy atom. The lowest BCUT2D eigenvalue weighted by Gasteiger charge is -2.34. The Labute approximate surface area is 91.6 Å². The molecule has 0 saturated carbocycles. The van der Waals surface area contributed by atoms with Crippen molar-refractivity contribution >= 4 is 24.7 Å². The van der Waals surface area contributed by atoms with Crippen molar-refractivity contribution in [2.45, 2.75) is 41.5 Å². The van der Waals surface area contributed by atoms with Crippen molar-refractivity contribution in [3.63, 3.8) is 0 Å². The minimum Gasteiger partial charge on any atom is -0.325 e. The zero-order chi connectivity index (χ0) is 10.9. The van der Waals surface area contributed by atoms with E-state index in [1.54, 1.807) is 0 Å². The quantitative estimate of drug-likeness (QED) is 0.504. The third-order valence-electron chi connectivity index (χ3n) is 1.80. The van der Waals surface area contributed by atoms with Gasteiger partial charge in [-0.15, -0.1) is 12.6 Å². The molecule has 0 spiro atoms. The number of hydrogen-bond donors (Lipinski definition) is 2. The molecule has 1 N–H and O–H groups in total. The van der Waals surface area contributed by atoms with Crippen LogP contribution in [0.15, 0.2) is 9.81 Å². The summed E-state index contributed by atoms with van der Waals surface area (Å²) < 4.78 is 9.74. The molecule has 0 rings (SSSR count). The predicted octanol–water partition coefficient (Wildman–Crippen LogP) is 4.43.